The molecule has 1 aliphatic carbocycles. The first-order valence-corrected chi connectivity index (χ1v) is 5.59. The standard InChI is InChI=1S/C15H9NO/c1-2-6-10(7-3-1)15-16-13-11-8-4-5-9-12(11)14(13)17-15/h1-9H. The minimum atomic E-state index is 0.701. The SMILES string of the molecule is c1ccc(-c2nc3c(o2)-c2ccccc2-3)cc1. The largest absolute Gasteiger partial charge is 0.435 e. The zero-order chi connectivity index (χ0) is 11.2. The number of nitrogens with zero attached hydrogens (tertiary/aromatic N) is 1. The maximum absolute atomic E-state index is 5.80. The van der Waals surface area contributed by atoms with Crippen molar-refractivity contribution in [2.75, 3.05) is 0 Å². The first-order chi connectivity index (χ1) is 8.43. The Labute approximate surface area is 98.6 Å². The number of hydrogen-bond donors (Lipinski definition) is 0. The van der Waals surface area contributed by atoms with Crippen molar-refractivity contribution < 1.29 is 4.42 Å². The van der Waals surface area contributed by atoms with E-state index in [9.17, 15) is 0 Å². The number of rotatable bonds is 1. The summed E-state index contributed by atoms with van der Waals surface area (Å²) in [5, 5.41) is 0. The topological polar surface area (TPSA) is 26.0 Å². The molecule has 17 heavy (non-hydrogen) atoms. The van der Waals surface area contributed by atoms with Crippen molar-refractivity contribution in [3.05, 3.63) is 54.6 Å². The van der Waals surface area contributed by atoms with Crippen LogP contribution in [0.1, 0.15) is 0 Å². The molecule has 0 spiro atoms. The molecule has 2 nitrogen and oxygen atoms in total. The molecule has 1 aliphatic rings. The van der Waals surface area contributed by atoms with E-state index in [-0.39, 0.29) is 0 Å². The van der Waals surface area contributed by atoms with E-state index in [2.05, 4.69) is 17.1 Å². The van der Waals surface area contributed by atoms with E-state index in [4.69, 9.17) is 4.42 Å². The summed E-state index contributed by atoms with van der Waals surface area (Å²) in [5.74, 6) is 1.62. The molecule has 2 aromatic carbocycles. The van der Waals surface area contributed by atoms with Crippen LogP contribution < -0.4 is 0 Å². The first kappa shape index (κ1) is 8.76. The highest BCUT2D eigenvalue weighted by Crippen LogP contribution is 2.48. The Bertz CT molecular complexity index is 657. The molecule has 0 fully saturated rings. The molecule has 3 aromatic rings. The molecule has 0 bridgehead atoms. The van der Waals surface area contributed by atoms with Gasteiger partial charge in [-0.2, -0.15) is 0 Å². The van der Waals surface area contributed by atoms with E-state index >= 15 is 0 Å². The second kappa shape index (κ2) is 3.08. The van der Waals surface area contributed by atoms with Crippen LogP contribution in [0.25, 0.3) is 34.0 Å². The summed E-state index contributed by atoms with van der Waals surface area (Å²) in [6.45, 7) is 0. The van der Waals surface area contributed by atoms with Gasteiger partial charge in [0.1, 0.15) is 5.69 Å². The van der Waals surface area contributed by atoms with Gasteiger partial charge in [0.25, 0.3) is 0 Å². The lowest BCUT2D eigenvalue weighted by atomic mass is 9.91. The second-order valence-electron chi connectivity index (χ2n) is 4.11. The Morgan fingerprint density at radius 2 is 1.47 bits per heavy atom. The van der Waals surface area contributed by atoms with E-state index in [1.807, 2.05) is 42.5 Å². The van der Waals surface area contributed by atoms with Gasteiger partial charge < -0.3 is 4.42 Å². The van der Waals surface area contributed by atoms with Gasteiger partial charge in [0.2, 0.25) is 5.89 Å². The van der Waals surface area contributed by atoms with Crippen LogP contribution in [0.5, 0.6) is 0 Å². The van der Waals surface area contributed by atoms with Gasteiger partial charge in [-0.1, -0.05) is 42.5 Å². The molecule has 0 amide bonds. The lowest BCUT2D eigenvalue weighted by Crippen LogP contribution is -1.94. The number of aromatic nitrogens is 1. The van der Waals surface area contributed by atoms with Gasteiger partial charge in [0, 0.05) is 16.7 Å². The Morgan fingerprint density at radius 1 is 0.765 bits per heavy atom. The van der Waals surface area contributed by atoms with Crippen LogP contribution in [-0.4, -0.2) is 4.98 Å². The average molecular weight is 219 g/mol. The highest BCUT2D eigenvalue weighted by atomic mass is 16.4. The van der Waals surface area contributed by atoms with Crippen molar-refractivity contribution in [1.82, 2.24) is 4.98 Å². The van der Waals surface area contributed by atoms with Crippen LogP contribution in [0.4, 0.5) is 0 Å². The Hall–Kier alpha value is -2.35. The molecule has 0 unspecified atom stereocenters. The van der Waals surface area contributed by atoms with E-state index in [0.717, 1.165) is 22.6 Å². The van der Waals surface area contributed by atoms with Gasteiger partial charge >= 0.3 is 0 Å². The molecule has 0 atom stereocenters. The summed E-state index contributed by atoms with van der Waals surface area (Å²) in [7, 11) is 0. The van der Waals surface area contributed by atoms with Gasteiger partial charge in [0.05, 0.1) is 0 Å². The summed E-state index contributed by atoms with van der Waals surface area (Å²) < 4.78 is 5.80. The molecule has 0 saturated carbocycles. The summed E-state index contributed by atoms with van der Waals surface area (Å²) in [6.07, 6.45) is 0. The zero-order valence-corrected chi connectivity index (χ0v) is 9.05. The third-order valence-electron chi connectivity index (χ3n) is 3.07. The Balaban J connectivity index is 1.87. The quantitative estimate of drug-likeness (QED) is 0.483. The van der Waals surface area contributed by atoms with E-state index in [1.165, 1.54) is 5.56 Å². The van der Waals surface area contributed by atoms with E-state index in [1.54, 1.807) is 0 Å². The van der Waals surface area contributed by atoms with Crippen molar-refractivity contribution in [2.24, 2.45) is 0 Å². The van der Waals surface area contributed by atoms with Crippen LogP contribution in [0, 0.1) is 0 Å². The fourth-order valence-electron chi connectivity index (χ4n) is 2.21. The maximum Gasteiger partial charge on any atom is 0.227 e. The Morgan fingerprint density at radius 3 is 2.29 bits per heavy atom. The summed E-state index contributed by atoms with van der Waals surface area (Å²) in [6, 6.07) is 18.2. The molecule has 0 saturated heterocycles. The molecule has 80 valence electrons. The lowest BCUT2D eigenvalue weighted by molar-refractivity contribution is 0.587. The molecule has 1 heterocycles. The minimum Gasteiger partial charge on any atom is -0.435 e. The summed E-state index contributed by atoms with van der Waals surface area (Å²) in [5.41, 5.74) is 4.36. The van der Waals surface area contributed by atoms with Crippen LogP contribution in [0.3, 0.4) is 0 Å². The van der Waals surface area contributed by atoms with Crippen LogP contribution >= 0.6 is 0 Å². The number of oxazole rings is 1. The van der Waals surface area contributed by atoms with Crippen molar-refractivity contribution in [2.45, 2.75) is 0 Å². The normalized spacial score (nSPS) is 11.5. The van der Waals surface area contributed by atoms with Gasteiger partial charge in [-0.3, -0.25) is 0 Å². The maximum atomic E-state index is 5.80. The monoisotopic (exact) mass is 219 g/mol. The minimum absolute atomic E-state index is 0.701. The molecule has 2 heteroatoms. The van der Waals surface area contributed by atoms with Crippen LogP contribution in [0.15, 0.2) is 59.0 Å². The van der Waals surface area contributed by atoms with Crippen molar-refractivity contribution >= 4 is 0 Å². The third-order valence-corrected chi connectivity index (χ3v) is 3.07. The molecule has 4 rings (SSSR count). The molecular formula is C15H9NO. The van der Waals surface area contributed by atoms with Crippen molar-refractivity contribution in [3.63, 3.8) is 0 Å². The fraction of sp³-hybridized carbons (Fsp3) is 0. The van der Waals surface area contributed by atoms with Crippen LogP contribution in [-0.2, 0) is 0 Å². The predicted octanol–water partition coefficient (Wildman–Crippen LogP) is 3.99. The predicted molar refractivity (Wildman–Crippen MR) is 66.4 cm³/mol. The lowest BCUT2D eigenvalue weighted by Gasteiger charge is -2.14. The van der Waals surface area contributed by atoms with Gasteiger partial charge in [-0.15, -0.1) is 0 Å². The molecule has 0 aliphatic heterocycles. The van der Waals surface area contributed by atoms with Gasteiger partial charge in [0.15, 0.2) is 5.76 Å². The van der Waals surface area contributed by atoms with E-state index in [0.29, 0.717) is 5.89 Å². The fourth-order valence-corrected chi connectivity index (χ4v) is 2.21. The first-order valence-electron chi connectivity index (χ1n) is 5.59. The van der Waals surface area contributed by atoms with Crippen molar-refractivity contribution in [1.29, 1.82) is 0 Å². The van der Waals surface area contributed by atoms with Gasteiger partial charge in [-0.05, 0) is 12.1 Å². The van der Waals surface area contributed by atoms with Gasteiger partial charge in [-0.25, -0.2) is 4.98 Å². The molecule has 0 radical (unpaired) electrons. The van der Waals surface area contributed by atoms with Crippen LogP contribution in [0.2, 0.25) is 0 Å². The second-order valence-corrected chi connectivity index (χ2v) is 4.11. The highest BCUT2D eigenvalue weighted by Gasteiger charge is 2.29. The molecule has 0 N–H and O–H groups in total. The smallest absolute Gasteiger partial charge is 0.227 e. The van der Waals surface area contributed by atoms with E-state index < -0.39 is 0 Å². The average Bonchev–Trinajstić information content (AvgIpc) is 2.77. The third kappa shape index (κ3) is 1.12. The zero-order valence-electron chi connectivity index (χ0n) is 9.05. The number of benzene rings is 2. The molecular weight excluding hydrogens is 210 g/mol. The summed E-state index contributed by atoms with van der Waals surface area (Å²) in [4.78, 5) is 4.54. The van der Waals surface area contributed by atoms with Crippen molar-refractivity contribution in [3.8, 4) is 34.0 Å². The summed E-state index contributed by atoms with van der Waals surface area (Å²) >= 11 is 0. The Kier molecular flexibility index (Phi) is 1.59. The molecule has 1 aromatic heterocycles. The highest BCUT2D eigenvalue weighted by molar-refractivity contribution is 5.98. The number of hydrogen-bond acceptors (Lipinski definition) is 2. The number of fused-ring (bicyclic) bond motifs is 4.